The van der Waals surface area contributed by atoms with Crippen LogP contribution in [0.5, 0.6) is 0 Å². The van der Waals surface area contributed by atoms with Gasteiger partial charge in [0.2, 0.25) is 10.0 Å². The van der Waals surface area contributed by atoms with Crippen molar-refractivity contribution in [3.05, 3.63) is 23.8 Å². The summed E-state index contributed by atoms with van der Waals surface area (Å²) in [7, 11) is -3.70. The highest BCUT2D eigenvalue weighted by Gasteiger charge is 2.30. The quantitative estimate of drug-likeness (QED) is 0.721. The van der Waals surface area contributed by atoms with Crippen LogP contribution in [0.3, 0.4) is 0 Å². The van der Waals surface area contributed by atoms with Gasteiger partial charge in [-0.3, -0.25) is 0 Å². The number of rotatable bonds is 5. The summed E-state index contributed by atoms with van der Waals surface area (Å²) in [5.74, 6) is 0. The zero-order valence-corrected chi connectivity index (χ0v) is 13.3. The van der Waals surface area contributed by atoms with Gasteiger partial charge in [0.15, 0.2) is 0 Å². The van der Waals surface area contributed by atoms with Crippen molar-refractivity contribution >= 4 is 15.7 Å². The third kappa shape index (κ3) is 4.19. The molecule has 114 valence electrons. The van der Waals surface area contributed by atoms with E-state index in [0.717, 1.165) is 5.56 Å². The second-order valence-electron chi connectivity index (χ2n) is 6.09. The fraction of sp³-hybridized carbons (Fsp3) is 0.571. The van der Waals surface area contributed by atoms with Crippen LogP contribution in [0, 0.1) is 12.3 Å². The number of anilines is 1. The summed E-state index contributed by atoms with van der Waals surface area (Å²) in [5, 5.41) is 9.10. The monoisotopic (exact) mass is 300 g/mol. The van der Waals surface area contributed by atoms with Gasteiger partial charge in [0.25, 0.3) is 0 Å². The van der Waals surface area contributed by atoms with Crippen LogP contribution in [0.2, 0.25) is 0 Å². The summed E-state index contributed by atoms with van der Waals surface area (Å²) in [6, 6.07) is 4.49. The highest BCUT2D eigenvalue weighted by atomic mass is 32.2. The number of aryl methyl sites for hydroxylation is 1. The van der Waals surface area contributed by atoms with E-state index < -0.39 is 10.0 Å². The minimum atomic E-state index is -3.70. The van der Waals surface area contributed by atoms with Crippen molar-refractivity contribution in [3.63, 3.8) is 0 Å². The van der Waals surface area contributed by atoms with Gasteiger partial charge in [-0.1, -0.05) is 26.8 Å². The molecule has 0 saturated carbocycles. The van der Waals surface area contributed by atoms with Gasteiger partial charge in [-0.05, 0) is 36.5 Å². The molecular weight excluding hydrogens is 276 g/mol. The first-order chi connectivity index (χ1) is 9.08. The van der Waals surface area contributed by atoms with Crippen molar-refractivity contribution in [2.24, 2.45) is 5.41 Å². The van der Waals surface area contributed by atoms with Crippen LogP contribution < -0.4 is 10.5 Å². The molecule has 1 aromatic rings. The SMILES string of the molecule is Cc1ccc(S(=O)(=O)NC(CCO)C(C)(C)C)c(N)c1. The largest absolute Gasteiger partial charge is 0.398 e. The number of hydrogen-bond donors (Lipinski definition) is 3. The highest BCUT2D eigenvalue weighted by molar-refractivity contribution is 7.89. The molecule has 6 heteroatoms. The molecule has 0 aliphatic rings. The Morgan fingerprint density at radius 2 is 1.95 bits per heavy atom. The minimum absolute atomic E-state index is 0.0756. The van der Waals surface area contributed by atoms with Crippen molar-refractivity contribution < 1.29 is 13.5 Å². The number of aliphatic hydroxyl groups is 1. The number of nitrogens with two attached hydrogens (primary N) is 1. The Hall–Kier alpha value is -1.11. The number of hydrogen-bond acceptors (Lipinski definition) is 4. The van der Waals surface area contributed by atoms with Crippen LogP contribution in [-0.4, -0.2) is 26.2 Å². The Balaban J connectivity index is 3.10. The van der Waals surface area contributed by atoms with E-state index in [1.54, 1.807) is 12.1 Å². The molecule has 0 amide bonds. The third-order valence-electron chi connectivity index (χ3n) is 3.22. The molecular formula is C14H24N2O3S. The molecule has 1 rings (SSSR count). The fourth-order valence-corrected chi connectivity index (χ4v) is 3.55. The molecule has 0 heterocycles. The molecule has 0 bridgehead atoms. The topological polar surface area (TPSA) is 92.4 Å². The first-order valence-corrected chi connectivity index (χ1v) is 8.05. The first kappa shape index (κ1) is 16.9. The summed E-state index contributed by atoms with van der Waals surface area (Å²) in [5.41, 5.74) is 6.64. The zero-order chi connectivity index (χ0) is 15.6. The summed E-state index contributed by atoms with van der Waals surface area (Å²) in [4.78, 5) is 0.0790. The van der Waals surface area contributed by atoms with Gasteiger partial charge in [-0.25, -0.2) is 13.1 Å². The van der Waals surface area contributed by atoms with Crippen molar-refractivity contribution in [1.29, 1.82) is 0 Å². The molecule has 1 aromatic carbocycles. The molecule has 0 radical (unpaired) electrons. The highest BCUT2D eigenvalue weighted by Crippen LogP contribution is 2.25. The Morgan fingerprint density at radius 1 is 1.35 bits per heavy atom. The summed E-state index contributed by atoms with van der Waals surface area (Å²) >= 11 is 0. The first-order valence-electron chi connectivity index (χ1n) is 6.57. The molecule has 0 aliphatic carbocycles. The second-order valence-corrected chi connectivity index (χ2v) is 7.78. The molecule has 0 fully saturated rings. The van der Waals surface area contributed by atoms with E-state index in [-0.39, 0.29) is 28.6 Å². The van der Waals surface area contributed by atoms with Crippen LogP contribution in [0.25, 0.3) is 0 Å². The maximum absolute atomic E-state index is 12.4. The van der Waals surface area contributed by atoms with Gasteiger partial charge in [-0.15, -0.1) is 0 Å². The predicted octanol–water partition coefficient (Wildman–Crippen LogP) is 1.65. The van der Waals surface area contributed by atoms with E-state index in [0.29, 0.717) is 6.42 Å². The van der Waals surface area contributed by atoms with E-state index in [1.165, 1.54) is 6.07 Å². The van der Waals surface area contributed by atoms with Gasteiger partial charge in [0, 0.05) is 12.6 Å². The number of nitrogen functional groups attached to an aromatic ring is 1. The number of aliphatic hydroxyl groups excluding tert-OH is 1. The van der Waals surface area contributed by atoms with Crippen LogP contribution in [-0.2, 0) is 10.0 Å². The Morgan fingerprint density at radius 3 is 2.40 bits per heavy atom. The van der Waals surface area contributed by atoms with Gasteiger partial charge in [-0.2, -0.15) is 0 Å². The molecule has 0 aromatic heterocycles. The van der Waals surface area contributed by atoms with E-state index in [9.17, 15) is 8.42 Å². The van der Waals surface area contributed by atoms with Crippen molar-refractivity contribution in [2.45, 2.75) is 45.1 Å². The lowest BCUT2D eigenvalue weighted by atomic mass is 9.86. The maximum Gasteiger partial charge on any atom is 0.242 e. The Kier molecular flexibility index (Phi) is 5.18. The van der Waals surface area contributed by atoms with Crippen molar-refractivity contribution in [3.8, 4) is 0 Å². The summed E-state index contributed by atoms with van der Waals surface area (Å²) in [6.45, 7) is 7.55. The molecule has 4 N–H and O–H groups in total. The molecule has 5 nitrogen and oxygen atoms in total. The van der Waals surface area contributed by atoms with Crippen LogP contribution in [0.1, 0.15) is 32.8 Å². The Labute approximate surface area is 121 Å². The smallest absolute Gasteiger partial charge is 0.242 e. The predicted molar refractivity (Wildman–Crippen MR) is 80.9 cm³/mol. The summed E-state index contributed by atoms with van der Waals surface area (Å²) in [6.07, 6.45) is 0.356. The molecule has 1 unspecified atom stereocenters. The average molecular weight is 300 g/mol. The molecule has 0 saturated heterocycles. The standard InChI is InChI=1S/C14H24N2O3S/c1-10-5-6-12(11(15)9-10)20(18,19)16-13(7-8-17)14(2,3)4/h5-6,9,13,16-17H,7-8,15H2,1-4H3. The van der Waals surface area contributed by atoms with Crippen molar-refractivity contribution in [2.75, 3.05) is 12.3 Å². The van der Waals surface area contributed by atoms with Crippen LogP contribution in [0.4, 0.5) is 5.69 Å². The molecule has 20 heavy (non-hydrogen) atoms. The van der Waals surface area contributed by atoms with E-state index >= 15 is 0 Å². The second kappa shape index (κ2) is 6.11. The number of nitrogens with one attached hydrogen (secondary N) is 1. The zero-order valence-electron chi connectivity index (χ0n) is 12.5. The molecule has 0 spiro atoms. The van der Waals surface area contributed by atoms with Crippen LogP contribution >= 0.6 is 0 Å². The number of sulfonamides is 1. The van der Waals surface area contributed by atoms with Crippen LogP contribution in [0.15, 0.2) is 23.1 Å². The third-order valence-corrected chi connectivity index (χ3v) is 4.76. The molecule has 1 atom stereocenters. The lowest BCUT2D eigenvalue weighted by Gasteiger charge is -2.31. The fourth-order valence-electron chi connectivity index (χ4n) is 1.96. The van der Waals surface area contributed by atoms with E-state index in [1.807, 2.05) is 27.7 Å². The van der Waals surface area contributed by atoms with E-state index in [2.05, 4.69) is 4.72 Å². The average Bonchev–Trinajstić information content (AvgIpc) is 2.26. The normalized spacial score (nSPS) is 14.2. The van der Waals surface area contributed by atoms with E-state index in [4.69, 9.17) is 10.8 Å². The molecule has 0 aliphatic heterocycles. The van der Waals surface area contributed by atoms with Gasteiger partial charge < -0.3 is 10.8 Å². The number of benzene rings is 1. The maximum atomic E-state index is 12.4. The lowest BCUT2D eigenvalue weighted by molar-refractivity contribution is 0.214. The minimum Gasteiger partial charge on any atom is -0.398 e. The lowest BCUT2D eigenvalue weighted by Crippen LogP contribution is -2.44. The van der Waals surface area contributed by atoms with Crippen molar-refractivity contribution in [1.82, 2.24) is 4.72 Å². The van der Waals surface area contributed by atoms with Gasteiger partial charge in [0.05, 0.1) is 5.69 Å². The Bertz CT molecular complexity index is 562. The van der Waals surface area contributed by atoms with Gasteiger partial charge in [0.1, 0.15) is 4.90 Å². The summed E-state index contributed by atoms with van der Waals surface area (Å²) < 4.78 is 27.5. The van der Waals surface area contributed by atoms with Gasteiger partial charge >= 0.3 is 0 Å².